The van der Waals surface area contributed by atoms with Crippen molar-refractivity contribution < 1.29 is 18.4 Å². The molecule has 1 aromatic carbocycles. The lowest BCUT2D eigenvalue weighted by Gasteiger charge is -2.07. The highest BCUT2D eigenvalue weighted by molar-refractivity contribution is 5.41. The molecular formula is C12H10F2N4O3. The molecule has 1 N–H and O–H groups in total. The number of ether oxygens (including phenoxy) is 1. The molecule has 0 aliphatic heterocycles. The molecule has 7 nitrogen and oxygen atoms in total. The van der Waals surface area contributed by atoms with Gasteiger partial charge in [-0.3, -0.25) is 10.1 Å². The highest BCUT2D eigenvalue weighted by Crippen LogP contribution is 2.29. The molecular weight excluding hydrogens is 286 g/mol. The molecule has 0 aliphatic carbocycles. The van der Waals surface area contributed by atoms with E-state index in [1.54, 1.807) is 0 Å². The Labute approximate surface area is 117 Å². The molecule has 0 fully saturated rings. The Morgan fingerprint density at radius 1 is 1.38 bits per heavy atom. The Hall–Kier alpha value is -2.84. The van der Waals surface area contributed by atoms with Gasteiger partial charge in [-0.2, -0.15) is 9.37 Å². The van der Waals surface area contributed by atoms with Crippen LogP contribution >= 0.6 is 0 Å². The number of aromatic nitrogens is 2. The third kappa shape index (κ3) is 3.38. The van der Waals surface area contributed by atoms with E-state index in [4.69, 9.17) is 4.74 Å². The van der Waals surface area contributed by atoms with Crippen LogP contribution < -0.4 is 10.1 Å². The van der Waals surface area contributed by atoms with E-state index in [2.05, 4.69) is 15.3 Å². The molecule has 110 valence electrons. The standard InChI is InChI=1S/C12H10F2N4O3/c1-2-15-12-16-4-3-11(17-12)21-10-6-7(13)9(18(19)20)5-8(10)14/h3-6H,2H2,1H3,(H,15,16,17). The summed E-state index contributed by atoms with van der Waals surface area (Å²) in [6, 6.07) is 2.40. The average Bonchev–Trinajstić information content (AvgIpc) is 2.43. The van der Waals surface area contributed by atoms with Crippen LogP contribution in [0.25, 0.3) is 0 Å². The molecule has 0 amide bonds. The van der Waals surface area contributed by atoms with E-state index in [1.807, 2.05) is 6.92 Å². The van der Waals surface area contributed by atoms with Gasteiger partial charge in [0.05, 0.1) is 11.0 Å². The molecule has 0 atom stereocenters. The van der Waals surface area contributed by atoms with Crippen LogP contribution in [-0.2, 0) is 0 Å². The van der Waals surface area contributed by atoms with Crippen molar-refractivity contribution >= 4 is 11.6 Å². The van der Waals surface area contributed by atoms with E-state index >= 15 is 0 Å². The first-order chi connectivity index (χ1) is 10.0. The minimum absolute atomic E-state index is 0.0203. The predicted octanol–water partition coefficient (Wildman–Crippen LogP) is 2.89. The smallest absolute Gasteiger partial charge is 0.307 e. The Bertz CT molecular complexity index is 682. The second-order valence-corrected chi connectivity index (χ2v) is 3.84. The quantitative estimate of drug-likeness (QED) is 0.674. The molecule has 0 saturated heterocycles. The van der Waals surface area contributed by atoms with Crippen molar-refractivity contribution in [2.45, 2.75) is 6.92 Å². The largest absolute Gasteiger partial charge is 0.436 e. The van der Waals surface area contributed by atoms with Gasteiger partial charge in [-0.05, 0) is 6.92 Å². The first-order valence-electron chi connectivity index (χ1n) is 5.89. The summed E-state index contributed by atoms with van der Waals surface area (Å²) in [4.78, 5) is 17.3. The lowest BCUT2D eigenvalue weighted by Crippen LogP contribution is -2.03. The number of nitro benzene ring substituents is 1. The molecule has 0 saturated carbocycles. The lowest BCUT2D eigenvalue weighted by atomic mass is 10.3. The second-order valence-electron chi connectivity index (χ2n) is 3.84. The summed E-state index contributed by atoms with van der Waals surface area (Å²) in [5, 5.41) is 13.3. The summed E-state index contributed by atoms with van der Waals surface area (Å²) < 4.78 is 32.2. The SMILES string of the molecule is CCNc1nccc(Oc2cc(F)c([N+](=O)[O-])cc2F)n1. The van der Waals surface area contributed by atoms with Crippen LogP contribution in [0.4, 0.5) is 20.4 Å². The van der Waals surface area contributed by atoms with Gasteiger partial charge >= 0.3 is 5.69 Å². The fourth-order valence-electron chi connectivity index (χ4n) is 1.49. The van der Waals surface area contributed by atoms with Crippen molar-refractivity contribution in [3.63, 3.8) is 0 Å². The summed E-state index contributed by atoms with van der Waals surface area (Å²) in [5.74, 6) is -2.52. The van der Waals surface area contributed by atoms with Gasteiger partial charge in [-0.15, -0.1) is 0 Å². The average molecular weight is 296 g/mol. The van der Waals surface area contributed by atoms with Gasteiger partial charge < -0.3 is 10.1 Å². The van der Waals surface area contributed by atoms with Crippen LogP contribution in [0, 0.1) is 21.7 Å². The summed E-state index contributed by atoms with van der Waals surface area (Å²) >= 11 is 0. The molecule has 0 bridgehead atoms. The first-order valence-corrected chi connectivity index (χ1v) is 5.89. The zero-order valence-electron chi connectivity index (χ0n) is 10.8. The zero-order valence-corrected chi connectivity index (χ0v) is 10.8. The number of nitro groups is 1. The molecule has 0 aliphatic rings. The van der Waals surface area contributed by atoms with Gasteiger partial charge in [0, 0.05) is 24.9 Å². The lowest BCUT2D eigenvalue weighted by molar-refractivity contribution is -0.387. The van der Waals surface area contributed by atoms with Crippen LogP contribution in [-0.4, -0.2) is 21.4 Å². The van der Waals surface area contributed by atoms with Crippen LogP contribution in [0.2, 0.25) is 0 Å². The zero-order chi connectivity index (χ0) is 15.4. The van der Waals surface area contributed by atoms with E-state index in [1.165, 1.54) is 12.3 Å². The van der Waals surface area contributed by atoms with Crippen LogP contribution in [0.15, 0.2) is 24.4 Å². The number of benzene rings is 1. The molecule has 0 unspecified atom stereocenters. The Morgan fingerprint density at radius 2 is 2.14 bits per heavy atom. The monoisotopic (exact) mass is 296 g/mol. The minimum atomic E-state index is -1.20. The predicted molar refractivity (Wildman–Crippen MR) is 69.3 cm³/mol. The number of hydrogen-bond acceptors (Lipinski definition) is 6. The third-order valence-electron chi connectivity index (χ3n) is 2.38. The van der Waals surface area contributed by atoms with Gasteiger partial charge in [-0.1, -0.05) is 0 Å². The fraction of sp³-hybridized carbons (Fsp3) is 0.167. The fourth-order valence-corrected chi connectivity index (χ4v) is 1.49. The third-order valence-corrected chi connectivity index (χ3v) is 2.38. The highest BCUT2D eigenvalue weighted by atomic mass is 19.1. The Morgan fingerprint density at radius 3 is 2.81 bits per heavy atom. The Kier molecular flexibility index (Phi) is 4.21. The number of nitrogens with zero attached hydrogens (tertiary/aromatic N) is 3. The number of rotatable bonds is 5. The molecule has 2 aromatic rings. The first kappa shape index (κ1) is 14.6. The Balaban J connectivity index is 2.29. The molecule has 2 rings (SSSR count). The summed E-state index contributed by atoms with van der Waals surface area (Å²) in [6.07, 6.45) is 1.37. The van der Waals surface area contributed by atoms with Crippen molar-refractivity contribution in [2.24, 2.45) is 0 Å². The van der Waals surface area contributed by atoms with Crippen molar-refractivity contribution in [3.05, 3.63) is 46.1 Å². The van der Waals surface area contributed by atoms with Gasteiger partial charge in [0.1, 0.15) is 0 Å². The molecule has 21 heavy (non-hydrogen) atoms. The number of hydrogen-bond donors (Lipinski definition) is 1. The molecule has 1 aromatic heterocycles. The van der Waals surface area contributed by atoms with E-state index in [0.717, 1.165) is 0 Å². The normalized spacial score (nSPS) is 10.2. The van der Waals surface area contributed by atoms with E-state index in [9.17, 15) is 18.9 Å². The summed E-state index contributed by atoms with van der Waals surface area (Å²) in [5.41, 5.74) is -0.962. The molecule has 1 heterocycles. The van der Waals surface area contributed by atoms with Crippen molar-refractivity contribution in [3.8, 4) is 11.6 Å². The maximum absolute atomic E-state index is 13.7. The topological polar surface area (TPSA) is 90.2 Å². The van der Waals surface area contributed by atoms with Gasteiger partial charge in [-0.25, -0.2) is 9.37 Å². The number of anilines is 1. The maximum atomic E-state index is 13.7. The minimum Gasteiger partial charge on any atom is -0.436 e. The highest BCUT2D eigenvalue weighted by Gasteiger charge is 2.20. The molecule has 9 heteroatoms. The number of halogens is 2. The van der Waals surface area contributed by atoms with Crippen molar-refractivity contribution in [1.82, 2.24) is 9.97 Å². The summed E-state index contributed by atoms with van der Waals surface area (Å²) in [6.45, 7) is 2.41. The van der Waals surface area contributed by atoms with Crippen LogP contribution in [0.5, 0.6) is 11.6 Å². The van der Waals surface area contributed by atoms with Gasteiger partial charge in [0.25, 0.3) is 0 Å². The van der Waals surface area contributed by atoms with Crippen molar-refractivity contribution in [1.29, 1.82) is 0 Å². The van der Waals surface area contributed by atoms with E-state index in [-0.39, 0.29) is 11.8 Å². The maximum Gasteiger partial charge on any atom is 0.307 e. The van der Waals surface area contributed by atoms with Gasteiger partial charge in [0.2, 0.25) is 17.6 Å². The molecule has 0 radical (unpaired) electrons. The van der Waals surface area contributed by atoms with E-state index in [0.29, 0.717) is 18.7 Å². The number of nitrogens with one attached hydrogen (secondary N) is 1. The van der Waals surface area contributed by atoms with Crippen LogP contribution in [0.1, 0.15) is 6.92 Å². The summed E-state index contributed by atoms with van der Waals surface area (Å²) in [7, 11) is 0. The van der Waals surface area contributed by atoms with Crippen molar-refractivity contribution in [2.75, 3.05) is 11.9 Å². The van der Waals surface area contributed by atoms with Gasteiger partial charge in [0.15, 0.2) is 11.6 Å². The van der Waals surface area contributed by atoms with Crippen LogP contribution in [0.3, 0.4) is 0 Å². The molecule has 0 spiro atoms. The second kappa shape index (κ2) is 6.07. The van der Waals surface area contributed by atoms with E-state index < -0.39 is 28.0 Å².